The smallest absolute Gasteiger partial charge is 0.350 e. The summed E-state index contributed by atoms with van der Waals surface area (Å²) in [6.45, 7) is 2.27. The Bertz CT molecular complexity index is 1200. The van der Waals surface area contributed by atoms with Crippen molar-refractivity contribution in [3.8, 4) is 0 Å². The van der Waals surface area contributed by atoms with Crippen molar-refractivity contribution in [2.75, 3.05) is 0 Å². The van der Waals surface area contributed by atoms with E-state index in [2.05, 4.69) is 15.5 Å². The molecule has 4 rings (SSSR count). The average Bonchev–Trinajstić information content (AvgIpc) is 3.04. The van der Waals surface area contributed by atoms with Crippen LogP contribution in [0.3, 0.4) is 0 Å². The molecular weight excluding hydrogens is 386 g/mol. The fourth-order valence-electron chi connectivity index (χ4n) is 2.76. The van der Waals surface area contributed by atoms with Gasteiger partial charge >= 0.3 is 5.69 Å². The first kappa shape index (κ1) is 18.9. The van der Waals surface area contributed by atoms with Crippen molar-refractivity contribution in [3.63, 3.8) is 0 Å². The largest absolute Gasteiger partial charge is 0.367 e. The summed E-state index contributed by atoms with van der Waals surface area (Å²) >= 11 is 1.46. The van der Waals surface area contributed by atoms with E-state index in [0.717, 1.165) is 15.1 Å². The number of carbonyl (C=O) groups is 1. The van der Waals surface area contributed by atoms with Gasteiger partial charge in [-0.2, -0.15) is 9.61 Å². The molecule has 1 amide bonds. The monoisotopic (exact) mass is 405 g/mol. The molecule has 0 unspecified atom stereocenters. The minimum Gasteiger partial charge on any atom is -0.350 e. The molecule has 2 aromatic carbocycles. The van der Waals surface area contributed by atoms with Gasteiger partial charge in [0.15, 0.2) is 5.65 Å². The maximum Gasteiger partial charge on any atom is 0.367 e. The summed E-state index contributed by atoms with van der Waals surface area (Å²) in [5.74, 6) is -0.284. The van der Waals surface area contributed by atoms with Gasteiger partial charge in [0.05, 0.1) is 0 Å². The Morgan fingerprint density at radius 1 is 1.00 bits per heavy atom. The lowest BCUT2D eigenvalue weighted by Gasteiger charge is -2.04. The van der Waals surface area contributed by atoms with Gasteiger partial charge in [0, 0.05) is 11.4 Å². The van der Waals surface area contributed by atoms with Crippen LogP contribution in [0, 0.1) is 6.92 Å². The predicted molar refractivity (Wildman–Crippen MR) is 111 cm³/mol. The van der Waals surface area contributed by atoms with Gasteiger partial charge in [-0.05, 0) is 36.8 Å². The molecule has 2 aromatic heterocycles. The molecular formula is C21H19N5O2S. The zero-order valence-electron chi connectivity index (χ0n) is 15.8. The third-order valence-electron chi connectivity index (χ3n) is 4.28. The first-order chi connectivity index (χ1) is 14.1. The summed E-state index contributed by atoms with van der Waals surface area (Å²) in [6.07, 6.45) is 0. The van der Waals surface area contributed by atoms with E-state index in [1.54, 1.807) is 6.07 Å². The van der Waals surface area contributed by atoms with Gasteiger partial charge in [0.25, 0.3) is 0 Å². The molecule has 0 saturated carbocycles. The number of amides is 1. The Morgan fingerprint density at radius 3 is 2.52 bits per heavy atom. The third-order valence-corrected chi connectivity index (χ3v) is 5.22. The van der Waals surface area contributed by atoms with Crippen LogP contribution in [0.15, 0.2) is 81.4 Å². The number of aryl methyl sites for hydroxylation is 1. The third kappa shape index (κ3) is 4.55. The summed E-state index contributed by atoms with van der Waals surface area (Å²) in [4.78, 5) is 25.8. The predicted octanol–water partition coefficient (Wildman–Crippen LogP) is 2.67. The Balaban J connectivity index is 1.47. The maximum absolute atomic E-state index is 12.6. The Morgan fingerprint density at radius 2 is 1.76 bits per heavy atom. The summed E-state index contributed by atoms with van der Waals surface area (Å²) < 4.78 is 2.35. The molecule has 1 N–H and O–H groups in total. The van der Waals surface area contributed by atoms with Gasteiger partial charge < -0.3 is 5.32 Å². The van der Waals surface area contributed by atoms with E-state index >= 15 is 0 Å². The summed E-state index contributed by atoms with van der Waals surface area (Å²) in [5, 5.41) is 12.0. The van der Waals surface area contributed by atoms with Crippen molar-refractivity contribution in [2.45, 2.75) is 29.9 Å². The molecule has 0 saturated heterocycles. The molecule has 0 bridgehead atoms. The Hall–Kier alpha value is -3.39. The van der Waals surface area contributed by atoms with Crippen LogP contribution in [0.2, 0.25) is 0 Å². The van der Waals surface area contributed by atoms with Crippen LogP contribution in [-0.4, -0.2) is 25.3 Å². The van der Waals surface area contributed by atoms with E-state index < -0.39 is 5.69 Å². The molecule has 0 atom stereocenters. The number of hydrogen-bond donors (Lipinski definition) is 1. The van der Waals surface area contributed by atoms with E-state index in [4.69, 9.17) is 0 Å². The van der Waals surface area contributed by atoms with E-state index in [9.17, 15) is 9.59 Å². The Labute approximate surface area is 171 Å². The van der Waals surface area contributed by atoms with E-state index in [-0.39, 0.29) is 12.5 Å². The Kier molecular flexibility index (Phi) is 5.44. The minimum atomic E-state index is -0.443. The molecule has 29 heavy (non-hydrogen) atoms. The van der Waals surface area contributed by atoms with Gasteiger partial charge in [0.1, 0.15) is 11.6 Å². The topological polar surface area (TPSA) is 81.3 Å². The molecule has 7 nitrogen and oxygen atoms in total. The van der Waals surface area contributed by atoms with Crippen molar-refractivity contribution in [3.05, 3.63) is 88.3 Å². The highest BCUT2D eigenvalue weighted by Gasteiger charge is 2.12. The second kappa shape index (κ2) is 8.32. The van der Waals surface area contributed by atoms with Crippen LogP contribution in [0.5, 0.6) is 0 Å². The highest BCUT2D eigenvalue weighted by molar-refractivity contribution is 7.99. The first-order valence-corrected chi connectivity index (χ1v) is 9.92. The zero-order chi connectivity index (χ0) is 20.2. The van der Waals surface area contributed by atoms with Gasteiger partial charge in [-0.1, -0.05) is 59.8 Å². The van der Waals surface area contributed by atoms with E-state index in [0.29, 0.717) is 17.2 Å². The summed E-state index contributed by atoms with van der Waals surface area (Å²) in [6, 6.07) is 21.2. The number of nitrogens with one attached hydrogen (secondary N) is 1. The lowest BCUT2D eigenvalue weighted by Crippen LogP contribution is -2.32. The zero-order valence-corrected chi connectivity index (χ0v) is 16.6. The molecule has 8 heteroatoms. The SMILES string of the molecule is Cc1ccc(Sc2ccc3nn(CC(=O)NCc4ccccc4)c(=O)n3n2)cc1. The maximum atomic E-state index is 12.6. The number of fused-ring (bicyclic) bond motifs is 1. The van der Waals surface area contributed by atoms with Crippen LogP contribution in [0.4, 0.5) is 0 Å². The number of aromatic nitrogens is 4. The van der Waals surface area contributed by atoms with Gasteiger partial charge in [0.2, 0.25) is 5.91 Å². The first-order valence-electron chi connectivity index (χ1n) is 9.10. The van der Waals surface area contributed by atoms with E-state index in [1.807, 2.05) is 67.6 Å². The van der Waals surface area contributed by atoms with E-state index in [1.165, 1.54) is 21.8 Å². The fraction of sp³-hybridized carbons (Fsp3) is 0.143. The minimum absolute atomic E-state index is 0.157. The van der Waals surface area contributed by atoms with Gasteiger partial charge in [-0.15, -0.1) is 5.10 Å². The summed E-state index contributed by atoms with van der Waals surface area (Å²) in [7, 11) is 0. The lowest BCUT2D eigenvalue weighted by molar-refractivity contribution is -0.122. The van der Waals surface area contributed by atoms with Crippen molar-refractivity contribution in [2.24, 2.45) is 0 Å². The van der Waals surface area contributed by atoms with Crippen LogP contribution in [0.25, 0.3) is 5.65 Å². The average molecular weight is 405 g/mol. The van der Waals surface area contributed by atoms with Crippen molar-refractivity contribution in [1.82, 2.24) is 24.7 Å². The normalized spacial score (nSPS) is 10.9. The van der Waals surface area contributed by atoms with Crippen LogP contribution in [0.1, 0.15) is 11.1 Å². The molecule has 0 spiro atoms. The van der Waals surface area contributed by atoms with Crippen molar-refractivity contribution in [1.29, 1.82) is 0 Å². The molecule has 0 aliphatic rings. The molecule has 0 aliphatic heterocycles. The highest BCUT2D eigenvalue weighted by atomic mass is 32.2. The number of carbonyl (C=O) groups excluding carboxylic acids is 1. The standard InChI is InChI=1S/C21H19N5O2S/c1-15-7-9-17(10-8-15)29-20-12-11-18-23-25(21(28)26(18)24-20)14-19(27)22-13-16-5-3-2-4-6-16/h2-12H,13-14H2,1H3,(H,22,27). The number of hydrogen-bond acceptors (Lipinski definition) is 5. The summed E-state index contributed by atoms with van der Waals surface area (Å²) in [5.41, 5.74) is 2.13. The molecule has 0 radical (unpaired) electrons. The highest BCUT2D eigenvalue weighted by Crippen LogP contribution is 2.25. The lowest BCUT2D eigenvalue weighted by atomic mass is 10.2. The number of nitrogens with zero attached hydrogens (tertiary/aromatic N) is 4. The van der Waals surface area contributed by atoms with Crippen LogP contribution < -0.4 is 11.0 Å². The van der Waals surface area contributed by atoms with Gasteiger partial charge in [-0.25, -0.2) is 9.48 Å². The number of benzene rings is 2. The fourth-order valence-corrected chi connectivity index (χ4v) is 3.54. The molecule has 2 heterocycles. The second-order valence-electron chi connectivity index (χ2n) is 6.56. The molecule has 0 aliphatic carbocycles. The van der Waals surface area contributed by atoms with Crippen molar-refractivity contribution < 1.29 is 4.79 Å². The molecule has 0 fully saturated rings. The van der Waals surface area contributed by atoms with Crippen LogP contribution >= 0.6 is 11.8 Å². The molecule has 146 valence electrons. The number of rotatable bonds is 6. The quantitative estimate of drug-likeness (QED) is 0.533. The van der Waals surface area contributed by atoms with Crippen molar-refractivity contribution >= 4 is 23.3 Å². The van der Waals surface area contributed by atoms with Gasteiger partial charge in [-0.3, -0.25) is 4.79 Å². The second-order valence-corrected chi connectivity index (χ2v) is 7.65. The molecule has 4 aromatic rings. The van der Waals surface area contributed by atoms with Crippen LogP contribution in [-0.2, 0) is 17.9 Å².